The number of aryl methyl sites for hydroxylation is 1. The second-order valence-corrected chi connectivity index (χ2v) is 7.16. The maximum Gasteiger partial charge on any atom is 0.230 e. The Morgan fingerprint density at radius 3 is 2.64 bits per heavy atom. The van der Waals surface area contributed by atoms with Gasteiger partial charge in [0.2, 0.25) is 10.8 Å². The molecule has 1 aromatic carbocycles. The minimum absolute atomic E-state index is 0.0498. The van der Waals surface area contributed by atoms with E-state index >= 15 is 0 Å². The predicted molar refractivity (Wildman–Crippen MR) is 99.6 cm³/mol. The fourth-order valence-electron chi connectivity index (χ4n) is 2.95. The molecule has 25 heavy (non-hydrogen) atoms. The number of rotatable bonds is 7. The number of unbranched alkanes of at least 4 members (excludes halogenated alkanes) is 1. The summed E-state index contributed by atoms with van der Waals surface area (Å²) in [5, 5.41) is 15.0. The number of aromatic hydroxyl groups is 1. The molecule has 0 saturated heterocycles. The van der Waals surface area contributed by atoms with E-state index in [4.69, 9.17) is 4.74 Å². The second kappa shape index (κ2) is 7.41. The highest BCUT2D eigenvalue weighted by Crippen LogP contribution is 2.39. The van der Waals surface area contributed by atoms with Crippen LogP contribution in [-0.2, 0) is 0 Å². The number of benzene rings is 1. The van der Waals surface area contributed by atoms with Crippen molar-refractivity contribution >= 4 is 16.3 Å². The molecular weight excluding hydrogens is 336 g/mol. The third kappa shape index (κ3) is 3.48. The minimum atomic E-state index is -0.0498. The van der Waals surface area contributed by atoms with Gasteiger partial charge in [-0.05, 0) is 44.6 Å². The Hall–Kier alpha value is -2.12. The van der Waals surface area contributed by atoms with E-state index in [9.17, 15) is 5.11 Å². The fraction of sp³-hybridized carbons (Fsp3) is 0.444. The van der Waals surface area contributed by atoms with E-state index in [2.05, 4.69) is 29.0 Å². The molecule has 0 spiro atoms. The Morgan fingerprint density at radius 1 is 1.32 bits per heavy atom. The van der Waals surface area contributed by atoms with Gasteiger partial charge in [0.1, 0.15) is 11.6 Å². The van der Waals surface area contributed by atoms with Gasteiger partial charge in [-0.25, -0.2) is 4.98 Å². The summed E-state index contributed by atoms with van der Waals surface area (Å²) in [6, 6.07) is 7.95. The van der Waals surface area contributed by atoms with Crippen molar-refractivity contribution in [2.24, 2.45) is 0 Å². The van der Waals surface area contributed by atoms with Crippen LogP contribution in [0.5, 0.6) is 11.6 Å². The molecule has 7 heteroatoms. The normalized spacial score (nSPS) is 12.8. The molecule has 0 radical (unpaired) electrons. The average Bonchev–Trinajstić information content (AvgIpc) is 3.12. The second-order valence-electron chi connectivity index (χ2n) is 6.15. The summed E-state index contributed by atoms with van der Waals surface area (Å²) in [7, 11) is 3.75. The van der Waals surface area contributed by atoms with Crippen LogP contribution >= 0.6 is 11.3 Å². The molecule has 134 valence electrons. The SMILES string of the molecule is CCCCN(C)C(c1ccc(OC)cc1)c1sc2nc(C)nn2c1O. The van der Waals surface area contributed by atoms with E-state index in [1.807, 2.05) is 31.2 Å². The number of hydrogen-bond donors (Lipinski definition) is 1. The van der Waals surface area contributed by atoms with Crippen LogP contribution < -0.4 is 4.74 Å². The zero-order chi connectivity index (χ0) is 18.0. The van der Waals surface area contributed by atoms with Gasteiger partial charge in [-0.3, -0.25) is 4.90 Å². The number of nitrogens with zero attached hydrogens (tertiary/aromatic N) is 4. The van der Waals surface area contributed by atoms with Gasteiger partial charge >= 0.3 is 0 Å². The maximum absolute atomic E-state index is 10.7. The molecule has 0 aliphatic heterocycles. The summed E-state index contributed by atoms with van der Waals surface area (Å²) in [6.07, 6.45) is 2.23. The van der Waals surface area contributed by atoms with E-state index < -0.39 is 0 Å². The largest absolute Gasteiger partial charge is 0.497 e. The number of hydrogen-bond acceptors (Lipinski definition) is 6. The van der Waals surface area contributed by atoms with Gasteiger partial charge in [-0.2, -0.15) is 4.52 Å². The van der Waals surface area contributed by atoms with Crippen LogP contribution in [0.25, 0.3) is 4.96 Å². The van der Waals surface area contributed by atoms with Crippen molar-refractivity contribution in [1.82, 2.24) is 19.5 Å². The first-order chi connectivity index (χ1) is 12.0. The van der Waals surface area contributed by atoms with E-state index in [0.29, 0.717) is 10.8 Å². The molecule has 6 nitrogen and oxygen atoms in total. The van der Waals surface area contributed by atoms with Gasteiger partial charge in [0.25, 0.3) is 0 Å². The average molecular weight is 360 g/mol. The summed E-state index contributed by atoms with van der Waals surface area (Å²) in [5.74, 6) is 1.65. The number of fused-ring (bicyclic) bond motifs is 1. The third-order valence-electron chi connectivity index (χ3n) is 4.29. The lowest BCUT2D eigenvalue weighted by Crippen LogP contribution is -2.26. The first-order valence-electron chi connectivity index (χ1n) is 8.44. The molecule has 3 rings (SSSR count). The molecule has 2 aromatic heterocycles. The maximum atomic E-state index is 10.7. The van der Waals surface area contributed by atoms with Crippen LogP contribution in [0, 0.1) is 6.92 Å². The Labute approximate surface area is 151 Å². The van der Waals surface area contributed by atoms with Gasteiger partial charge in [0, 0.05) is 0 Å². The molecule has 0 aliphatic rings. The Kier molecular flexibility index (Phi) is 5.24. The van der Waals surface area contributed by atoms with E-state index in [1.54, 1.807) is 7.11 Å². The molecule has 0 aliphatic carbocycles. The highest BCUT2D eigenvalue weighted by atomic mass is 32.1. The summed E-state index contributed by atoms with van der Waals surface area (Å²) < 4.78 is 6.80. The van der Waals surface area contributed by atoms with Crippen molar-refractivity contribution in [2.75, 3.05) is 20.7 Å². The van der Waals surface area contributed by atoms with Crippen molar-refractivity contribution in [3.63, 3.8) is 0 Å². The van der Waals surface area contributed by atoms with Crippen LogP contribution in [0.3, 0.4) is 0 Å². The van der Waals surface area contributed by atoms with Gasteiger partial charge in [0.05, 0.1) is 18.0 Å². The lowest BCUT2D eigenvalue weighted by molar-refractivity contribution is 0.270. The Bertz CT molecular complexity index is 841. The highest BCUT2D eigenvalue weighted by Gasteiger charge is 2.27. The highest BCUT2D eigenvalue weighted by molar-refractivity contribution is 7.17. The molecule has 1 N–H and O–H groups in total. The van der Waals surface area contributed by atoms with Crippen molar-refractivity contribution < 1.29 is 9.84 Å². The number of thiazole rings is 1. The van der Waals surface area contributed by atoms with Crippen LogP contribution in [0.2, 0.25) is 0 Å². The van der Waals surface area contributed by atoms with Crippen molar-refractivity contribution in [3.8, 4) is 11.6 Å². The standard InChI is InChI=1S/C18H24N4O2S/c1-5-6-11-21(3)15(13-7-9-14(24-4)10-8-13)16-17(23)22-18(25-16)19-12(2)20-22/h7-10,15,23H,5-6,11H2,1-4H3. The molecule has 0 bridgehead atoms. The van der Waals surface area contributed by atoms with E-state index in [0.717, 1.165) is 35.6 Å². The monoisotopic (exact) mass is 360 g/mol. The number of methoxy groups -OCH3 is 1. The fourth-order valence-corrected chi connectivity index (χ4v) is 4.15. The van der Waals surface area contributed by atoms with E-state index in [-0.39, 0.29) is 11.9 Å². The zero-order valence-corrected chi connectivity index (χ0v) is 15.9. The Morgan fingerprint density at radius 2 is 2.04 bits per heavy atom. The van der Waals surface area contributed by atoms with Crippen molar-refractivity contribution in [3.05, 3.63) is 40.5 Å². The molecule has 0 fully saturated rings. The van der Waals surface area contributed by atoms with Crippen LogP contribution in [0.15, 0.2) is 24.3 Å². The summed E-state index contributed by atoms with van der Waals surface area (Å²) in [6.45, 7) is 4.95. The van der Waals surface area contributed by atoms with E-state index in [1.165, 1.54) is 15.9 Å². The van der Waals surface area contributed by atoms with Crippen molar-refractivity contribution in [2.45, 2.75) is 32.7 Å². The van der Waals surface area contributed by atoms with Crippen molar-refractivity contribution in [1.29, 1.82) is 0 Å². The van der Waals surface area contributed by atoms with Crippen LogP contribution in [0.4, 0.5) is 0 Å². The molecule has 1 atom stereocenters. The smallest absolute Gasteiger partial charge is 0.230 e. The lowest BCUT2D eigenvalue weighted by Gasteiger charge is -2.27. The molecule has 2 heterocycles. The van der Waals surface area contributed by atoms with Crippen LogP contribution in [0.1, 0.15) is 42.1 Å². The quantitative estimate of drug-likeness (QED) is 0.697. The van der Waals surface area contributed by atoms with Gasteiger partial charge < -0.3 is 9.84 Å². The molecule has 0 saturated carbocycles. The topological polar surface area (TPSA) is 62.9 Å². The summed E-state index contributed by atoms with van der Waals surface area (Å²) >= 11 is 1.49. The summed E-state index contributed by atoms with van der Waals surface area (Å²) in [4.78, 5) is 8.23. The van der Waals surface area contributed by atoms with Crippen LogP contribution in [-0.4, -0.2) is 45.3 Å². The molecule has 3 aromatic rings. The Balaban J connectivity index is 2.04. The lowest BCUT2D eigenvalue weighted by atomic mass is 10.0. The first kappa shape index (κ1) is 17.7. The minimum Gasteiger partial charge on any atom is -0.497 e. The van der Waals surface area contributed by atoms with Gasteiger partial charge in [0.15, 0.2) is 0 Å². The number of ether oxygens (including phenoxy) is 1. The first-order valence-corrected chi connectivity index (χ1v) is 9.26. The third-order valence-corrected chi connectivity index (χ3v) is 5.36. The molecule has 1 unspecified atom stereocenters. The summed E-state index contributed by atoms with van der Waals surface area (Å²) in [5.41, 5.74) is 1.11. The molecular formula is C18H24N4O2S. The molecule has 0 amide bonds. The van der Waals surface area contributed by atoms with Gasteiger partial charge in [-0.1, -0.05) is 36.8 Å². The number of aromatic nitrogens is 3. The predicted octanol–water partition coefficient (Wildman–Crippen LogP) is 3.63. The van der Waals surface area contributed by atoms with Gasteiger partial charge in [-0.15, -0.1) is 5.10 Å². The zero-order valence-electron chi connectivity index (χ0n) is 15.1.